The summed E-state index contributed by atoms with van der Waals surface area (Å²) in [5.41, 5.74) is 1.61. The smallest absolute Gasteiger partial charge is 0.228 e. The molecule has 0 radical (unpaired) electrons. The molecule has 2 rings (SSSR count). The third-order valence-electron chi connectivity index (χ3n) is 3.32. The summed E-state index contributed by atoms with van der Waals surface area (Å²) in [7, 11) is 0. The zero-order valence-electron chi connectivity index (χ0n) is 11.3. The molecule has 5 heteroatoms. The van der Waals surface area contributed by atoms with Gasteiger partial charge in [0, 0.05) is 17.3 Å². The normalized spacial score (nSPS) is 20.1. The van der Waals surface area contributed by atoms with Gasteiger partial charge in [0.2, 0.25) is 11.8 Å². The average Bonchev–Trinajstić information content (AvgIpc) is 3.20. The van der Waals surface area contributed by atoms with E-state index >= 15 is 0 Å². The van der Waals surface area contributed by atoms with Gasteiger partial charge in [0.25, 0.3) is 0 Å². The van der Waals surface area contributed by atoms with Crippen LogP contribution in [0.2, 0.25) is 5.02 Å². The molecule has 0 aromatic heterocycles. The first-order chi connectivity index (χ1) is 9.52. The van der Waals surface area contributed by atoms with E-state index < -0.39 is 0 Å². The number of halogens is 1. The predicted molar refractivity (Wildman–Crippen MR) is 79.6 cm³/mol. The van der Waals surface area contributed by atoms with E-state index in [2.05, 4.69) is 17.2 Å². The second-order valence-electron chi connectivity index (χ2n) is 4.94. The van der Waals surface area contributed by atoms with E-state index in [0.29, 0.717) is 23.7 Å². The van der Waals surface area contributed by atoms with E-state index in [1.54, 1.807) is 18.2 Å². The maximum Gasteiger partial charge on any atom is 0.228 e. The van der Waals surface area contributed by atoms with Crippen LogP contribution in [0.3, 0.4) is 0 Å². The number of anilines is 1. The lowest BCUT2D eigenvalue weighted by Crippen LogP contribution is -2.27. The molecule has 1 aliphatic rings. The molecule has 1 aliphatic carbocycles. The van der Waals surface area contributed by atoms with Crippen LogP contribution >= 0.6 is 11.6 Å². The Hall–Kier alpha value is -1.81. The third-order valence-corrected chi connectivity index (χ3v) is 3.73. The van der Waals surface area contributed by atoms with Gasteiger partial charge in [-0.1, -0.05) is 23.7 Å². The maximum absolute atomic E-state index is 12.0. The van der Waals surface area contributed by atoms with E-state index in [0.717, 1.165) is 5.56 Å². The number of benzene rings is 1. The molecule has 4 nitrogen and oxygen atoms in total. The largest absolute Gasteiger partial charge is 0.352 e. The average molecular weight is 293 g/mol. The number of aryl methyl sites for hydroxylation is 1. The molecule has 2 amide bonds. The second kappa shape index (κ2) is 6.09. The summed E-state index contributed by atoms with van der Waals surface area (Å²) in [5, 5.41) is 6.10. The van der Waals surface area contributed by atoms with Gasteiger partial charge >= 0.3 is 0 Å². The van der Waals surface area contributed by atoms with Crippen molar-refractivity contribution in [3.8, 4) is 0 Å². The van der Waals surface area contributed by atoms with Gasteiger partial charge < -0.3 is 10.6 Å². The molecule has 2 atom stereocenters. The lowest BCUT2D eigenvalue weighted by atomic mass is 10.2. The molecular formula is C15H17ClN2O2. The summed E-state index contributed by atoms with van der Waals surface area (Å²) in [5.74, 6) is -0.702. The Balaban J connectivity index is 1.89. The minimum Gasteiger partial charge on any atom is -0.352 e. The van der Waals surface area contributed by atoms with Crippen molar-refractivity contribution in [3.05, 3.63) is 41.4 Å². The Bertz CT molecular complexity index is 557. The highest BCUT2D eigenvalue weighted by Crippen LogP contribution is 2.39. The zero-order chi connectivity index (χ0) is 14.7. The fourth-order valence-electron chi connectivity index (χ4n) is 1.98. The monoisotopic (exact) mass is 292 g/mol. The van der Waals surface area contributed by atoms with Crippen LogP contribution in [0.1, 0.15) is 12.0 Å². The quantitative estimate of drug-likeness (QED) is 0.819. The summed E-state index contributed by atoms with van der Waals surface area (Å²) in [6.45, 7) is 5.86. The predicted octanol–water partition coefficient (Wildman–Crippen LogP) is 2.53. The zero-order valence-corrected chi connectivity index (χ0v) is 12.0. The van der Waals surface area contributed by atoms with Crippen molar-refractivity contribution in [1.29, 1.82) is 0 Å². The topological polar surface area (TPSA) is 58.2 Å². The molecule has 0 spiro atoms. The van der Waals surface area contributed by atoms with Crippen LogP contribution in [0.15, 0.2) is 30.9 Å². The van der Waals surface area contributed by atoms with Gasteiger partial charge in [-0.05, 0) is 31.0 Å². The highest BCUT2D eigenvalue weighted by molar-refractivity contribution is 6.31. The number of rotatable bonds is 5. The van der Waals surface area contributed by atoms with Crippen LogP contribution in [-0.2, 0) is 9.59 Å². The van der Waals surface area contributed by atoms with Gasteiger partial charge in [0.15, 0.2) is 0 Å². The van der Waals surface area contributed by atoms with Crippen molar-refractivity contribution in [2.45, 2.75) is 13.3 Å². The van der Waals surface area contributed by atoms with Gasteiger partial charge in [-0.2, -0.15) is 0 Å². The number of amides is 2. The highest BCUT2D eigenvalue weighted by atomic mass is 35.5. The van der Waals surface area contributed by atoms with E-state index in [9.17, 15) is 9.59 Å². The molecule has 0 bridgehead atoms. The highest BCUT2D eigenvalue weighted by Gasteiger charge is 2.47. The van der Waals surface area contributed by atoms with Crippen molar-refractivity contribution in [3.63, 3.8) is 0 Å². The molecule has 1 aromatic carbocycles. The number of carbonyl (C=O) groups is 2. The van der Waals surface area contributed by atoms with Crippen LogP contribution in [-0.4, -0.2) is 18.4 Å². The fraction of sp³-hybridized carbons (Fsp3) is 0.333. The Labute approximate surface area is 123 Å². The standard InChI is InChI=1S/C15H17ClN2O2/c1-3-6-17-14(19)11-8-12(11)15(20)18-10-5-4-9(2)13(16)7-10/h3-5,7,11-12H,1,6,8H2,2H3,(H,17,19)(H,18,20). The Morgan fingerprint density at radius 1 is 1.40 bits per heavy atom. The molecule has 0 saturated heterocycles. The van der Waals surface area contributed by atoms with E-state index in [1.165, 1.54) is 0 Å². The lowest BCUT2D eigenvalue weighted by Gasteiger charge is -2.06. The molecule has 2 N–H and O–H groups in total. The van der Waals surface area contributed by atoms with Gasteiger partial charge in [0.05, 0.1) is 11.8 Å². The van der Waals surface area contributed by atoms with Crippen molar-refractivity contribution < 1.29 is 9.59 Å². The molecule has 1 fully saturated rings. The molecule has 0 heterocycles. The lowest BCUT2D eigenvalue weighted by molar-refractivity contribution is -0.125. The first kappa shape index (κ1) is 14.6. The summed E-state index contributed by atoms with van der Waals surface area (Å²) in [6.07, 6.45) is 2.21. The van der Waals surface area contributed by atoms with Crippen molar-refractivity contribution in [2.75, 3.05) is 11.9 Å². The van der Waals surface area contributed by atoms with Gasteiger partial charge in [-0.3, -0.25) is 9.59 Å². The summed E-state index contributed by atoms with van der Waals surface area (Å²) >= 11 is 6.00. The molecule has 0 aliphatic heterocycles. The Morgan fingerprint density at radius 2 is 2.10 bits per heavy atom. The minimum absolute atomic E-state index is 0.0908. The number of hydrogen-bond donors (Lipinski definition) is 2. The number of carbonyl (C=O) groups excluding carboxylic acids is 2. The number of nitrogens with one attached hydrogen (secondary N) is 2. The Morgan fingerprint density at radius 3 is 2.75 bits per heavy atom. The van der Waals surface area contributed by atoms with Crippen LogP contribution in [0.4, 0.5) is 5.69 Å². The van der Waals surface area contributed by atoms with Crippen molar-refractivity contribution >= 4 is 29.1 Å². The molecule has 20 heavy (non-hydrogen) atoms. The van der Waals surface area contributed by atoms with Crippen LogP contribution < -0.4 is 10.6 Å². The number of hydrogen-bond acceptors (Lipinski definition) is 2. The molecule has 1 saturated carbocycles. The molecule has 106 valence electrons. The van der Waals surface area contributed by atoms with E-state index in [-0.39, 0.29) is 23.7 Å². The summed E-state index contributed by atoms with van der Waals surface area (Å²) in [6, 6.07) is 5.36. The maximum atomic E-state index is 12.0. The van der Waals surface area contributed by atoms with Crippen molar-refractivity contribution in [1.82, 2.24) is 5.32 Å². The minimum atomic E-state index is -0.250. The third kappa shape index (κ3) is 3.39. The molecule has 2 unspecified atom stereocenters. The summed E-state index contributed by atoms with van der Waals surface area (Å²) < 4.78 is 0. The van der Waals surface area contributed by atoms with Gasteiger partial charge in [-0.15, -0.1) is 6.58 Å². The van der Waals surface area contributed by atoms with Crippen molar-refractivity contribution in [2.24, 2.45) is 11.8 Å². The SMILES string of the molecule is C=CCNC(=O)C1CC1C(=O)Nc1ccc(C)c(Cl)c1. The molecule has 1 aromatic rings. The van der Waals surface area contributed by atoms with E-state index in [1.807, 2.05) is 13.0 Å². The van der Waals surface area contributed by atoms with Gasteiger partial charge in [-0.25, -0.2) is 0 Å². The fourth-order valence-corrected chi connectivity index (χ4v) is 2.16. The van der Waals surface area contributed by atoms with Crippen LogP contribution in [0.5, 0.6) is 0 Å². The van der Waals surface area contributed by atoms with E-state index in [4.69, 9.17) is 11.6 Å². The molecular weight excluding hydrogens is 276 g/mol. The summed E-state index contributed by atoms with van der Waals surface area (Å²) in [4.78, 5) is 23.7. The van der Waals surface area contributed by atoms with Crippen LogP contribution in [0.25, 0.3) is 0 Å². The second-order valence-corrected chi connectivity index (χ2v) is 5.34. The van der Waals surface area contributed by atoms with Crippen LogP contribution in [0, 0.1) is 18.8 Å². The Kier molecular flexibility index (Phi) is 4.45. The first-order valence-corrected chi connectivity index (χ1v) is 6.86. The first-order valence-electron chi connectivity index (χ1n) is 6.48. The van der Waals surface area contributed by atoms with Gasteiger partial charge in [0.1, 0.15) is 0 Å².